The van der Waals surface area contributed by atoms with Crippen molar-refractivity contribution in [2.24, 2.45) is 4.99 Å². The number of nitrogens with zero attached hydrogens (tertiary/aromatic N) is 1. The second-order valence-electron chi connectivity index (χ2n) is 4.31. The van der Waals surface area contributed by atoms with Crippen LogP contribution in [0.4, 0.5) is 18.9 Å². The Labute approximate surface area is 110 Å². The molecule has 5 heteroatoms. The van der Waals surface area contributed by atoms with Gasteiger partial charge in [-0.2, -0.15) is 13.2 Å². The van der Waals surface area contributed by atoms with Gasteiger partial charge in [0, 0.05) is 18.2 Å². The topological polar surface area (TPSA) is 29.4 Å². The van der Waals surface area contributed by atoms with E-state index in [4.69, 9.17) is 0 Å². The summed E-state index contributed by atoms with van der Waals surface area (Å²) >= 11 is 0. The number of carbonyl (C=O) groups is 1. The summed E-state index contributed by atoms with van der Waals surface area (Å²) in [5.41, 5.74) is 2.58. The summed E-state index contributed by atoms with van der Waals surface area (Å²) in [5.74, 6) is -0.482. The Morgan fingerprint density at radius 1 is 1.26 bits per heavy atom. The van der Waals surface area contributed by atoms with E-state index in [0.29, 0.717) is 11.1 Å². The van der Waals surface area contributed by atoms with Gasteiger partial charge < -0.3 is 0 Å². The summed E-state index contributed by atoms with van der Waals surface area (Å²) < 4.78 is 36.3. The molecule has 0 heterocycles. The van der Waals surface area contributed by atoms with Crippen LogP contribution >= 0.6 is 0 Å². The van der Waals surface area contributed by atoms with Gasteiger partial charge in [-0.05, 0) is 44.0 Å². The van der Waals surface area contributed by atoms with Crippen LogP contribution < -0.4 is 0 Å². The van der Waals surface area contributed by atoms with E-state index in [-0.39, 0.29) is 0 Å². The normalized spacial score (nSPS) is 12.1. The van der Waals surface area contributed by atoms with Gasteiger partial charge in [-0.3, -0.25) is 9.79 Å². The maximum absolute atomic E-state index is 12.1. The van der Waals surface area contributed by atoms with Crippen molar-refractivity contribution in [3.05, 3.63) is 28.8 Å². The summed E-state index contributed by atoms with van der Waals surface area (Å²) in [6, 6.07) is 3.20. The maximum atomic E-state index is 12.1. The third-order valence-electron chi connectivity index (χ3n) is 2.96. The highest BCUT2D eigenvalue weighted by Gasteiger charge is 2.28. The van der Waals surface area contributed by atoms with Crippen molar-refractivity contribution in [1.29, 1.82) is 0 Å². The van der Waals surface area contributed by atoms with Crippen LogP contribution in [0.15, 0.2) is 17.1 Å². The summed E-state index contributed by atoms with van der Waals surface area (Å²) in [7, 11) is 0. The van der Waals surface area contributed by atoms with E-state index in [1.165, 1.54) is 0 Å². The van der Waals surface area contributed by atoms with Crippen LogP contribution in [0, 0.1) is 13.8 Å². The number of carbonyl (C=O) groups excluding carboxylic acids is 1. The van der Waals surface area contributed by atoms with E-state index < -0.39 is 24.8 Å². The molecule has 0 N–H and O–H groups in total. The lowest BCUT2D eigenvalue weighted by molar-refractivity contribution is -0.133. The third kappa shape index (κ3) is 4.19. The van der Waals surface area contributed by atoms with Crippen molar-refractivity contribution in [3.8, 4) is 0 Å². The lowest BCUT2D eigenvalue weighted by Gasteiger charge is -2.11. The summed E-state index contributed by atoms with van der Waals surface area (Å²) in [6.45, 7) is 5.31. The lowest BCUT2D eigenvalue weighted by Crippen LogP contribution is -2.12. The molecular weight excluding hydrogens is 255 g/mol. The minimum Gasteiger partial charge on any atom is -0.294 e. The second-order valence-corrected chi connectivity index (χ2v) is 4.31. The molecule has 0 saturated carbocycles. The van der Waals surface area contributed by atoms with Crippen LogP contribution in [0.3, 0.4) is 0 Å². The van der Waals surface area contributed by atoms with Crippen molar-refractivity contribution in [2.75, 3.05) is 0 Å². The SMILES string of the molecule is CC=Nc1ccc(C(=O)CCC(F)(F)F)c(C)c1C. The number of ketones is 1. The van der Waals surface area contributed by atoms with E-state index in [1.54, 1.807) is 39.1 Å². The van der Waals surface area contributed by atoms with E-state index in [2.05, 4.69) is 4.99 Å². The van der Waals surface area contributed by atoms with Crippen molar-refractivity contribution in [2.45, 2.75) is 39.8 Å². The van der Waals surface area contributed by atoms with Crippen LogP contribution in [0.1, 0.15) is 41.3 Å². The third-order valence-corrected chi connectivity index (χ3v) is 2.96. The Bertz CT molecular complexity index is 504. The molecule has 0 fully saturated rings. The smallest absolute Gasteiger partial charge is 0.294 e. The zero-order chi connectivity index (χ0) is 14.6. The fourth-order valence-corrected chi connectivity index (χ4v) is 1.78. The van der Waals surface area contributed by atoms with Gasteiger partial charge in [-0.1, -0.05) is 0 Å². The standard InChI is InChI=1S/C14H16F3NO/c1-4-18-12-6-5-11(9(2)10(12)3)13(19)7-8-14(15,16)17/h4-6H,7-8H2,1-3H3. The van der Waals surface area contributed by atoms with Gasteiger partial charge in [0.2, 0.25) is 0 Å². The average Bonchev–Trinajstić information content (AvgIpc) is 2.32. The number of alkyl halides is 3. The fraction of sp³-hybridized carbons (Fsp3) is 0.429. The number of hydrogen-bond donors (Lipinski definition) is 0. The first-order valence-corrected chi connectivity index (χ1v) is 5.95. The molecule has 1 aromatic carbocycles. The number of rotatable bonds is 4. The molecular formula is C14H16F3NO. The molecule has 0 radical (unpaired) electrons. The zero-order valence-electron chi connectivity index (χ0n) is 11.1. The highest BCUT2D eigenvalue weighted by atomic mass is 19.4. The van der Waals surface area contributed by atoms with E-state index >= 15 is 0 Å². The average molecular weight is 271 g/mol. The van der Waals surface area contributed by atoms with Gasteiger partial charge in [0.15, 0.2) is 5.78 Å². The second kappa shape index (κ2) is 5.99. The Morgan fingerprint density at radius 2 is 1.89 bits per heavy atom. The first kappa shape index (κ1) is 15.4. The molecule has 0 aliphatic heterocycles. The predicted octanol–water partition coefficient (Wildman–Crippen LogP) is 4.55. The van der Waals surface area contributed by atoms with Crippen molar-refractivity contribution in [1.82, 2.24) is 0 Å². The van der Waals surface area contributed by atoms with Crippen LogP contribution in [0.2, 0.25) is 0 Å². The number of benzene rings is 1. The Morgan fingerprint density at radius 3 is 2.42 bits per heavy atom. The van der Waals surface area contributed by atoms with Crippen molar-refractivity contribution < 1.29 is 18.0 Å². The van der Waals surface area contributed by atoms with Crippen molar-refractivity contribution >= 4 is 17.7 Å². The van der Waals surface area contributed by atoms with Crippen LogP contribution in [0.25, 0.3) is 0 Å². The number of halogens is 3. The molecule has 19 heavy (non-hydrogen) atoms. The first-order chi connectivity index (χ1) is 8.76. The highest BCUT2D eigenvalue weighted by Crippen LogP contribution is 2.27. The minimum atomic E-state index is -4.30. The monoisotopic (exact) mass is 271 g/mol. The Balaban J connectivity index is 2.96. The van der Waals surface area contributed by atoms with Crippen LogP contribution in [-0.2, 0) is 0 Å². The van der Waals surface area contributed by atoms with Gasteiger partial charge in [0.25, 0.3) is 0 Å². The molecule has 0 atom stereocenters. The van der Waals surface area contributed by atoms with Gasteiger partial charge in [-0.15, -0.1) is 0 Å². The molecule has 0 aromatic heterocycles. The maximum Gasteiger partial charge on any atom is 0.389 e. The molecule has 0 aliphatic carbocycles. The molecule has 0 aliphatic rings. The zero-order valence-corrected chi connectivity index (χ0v) is 11.1. The van der Waals surface area contributed by atoms with Gasteiger partial charge in [0.1, 0.15) is 0 Å². The molecule has 1 rings (SSSR count). The molecule has 0 bridgehead atoms. The summed E-state index contributed by atoms with van der Waals surface area (Å²) in [5, 5.41) is 0. The fourth-order valence-electron chi connectivity index (χ4n) is 1.78. The predicted molar refractivity (Wildman–Crippen MR) is 69.4 cm³/mol. The molecule has 0 amide bonds. The molecule has 2 nitrogen and oxygen atoms in total. The molecule has 0 saturated heterocycles. The molecule has 1 aromatic rings. The number of Topliss-reactive ketones (excluding diaryl/α,β-unsaturated/α-hetero) is 1. The van der Waals surface area contributed by atoms with Gasteiger partial charge in [-0.25, -0.2) is 0 Å². The van der Waals surface area contributed by atoms with E-state index in [9.17, 15) is 18.0 Å². The number of hydrogen-bond acceptors (Lipinski definition) is 2. The van der Waals surface area contributed by atoms with Crippen molar-refractivity contribution in [3.63, 3.8) is 0 Å². The lowest BCUT2D eigenvalue weighted by atomic mass is 9.96. The van der Waals surface area contributed by atoms with Crippen LogP contribution in [-0.4, -0.2) is 18.2 Å². The minimum absolute atomic E-state index is 0.344. The summed E-state index contributed by atoms with van der Waals surface area (Å²) in [4.78, 5) is 15.9. The number of aliphatic imine (C=N–C) groups is 1. The largest absolute Gasteiger partial charge is 0.389 e. The highest BCUT2D eigenvalue weighted by molar-refractivity contribution is 5.98. The van der Waals surface area contributed by atoms with Gasteiger partial charge >= 0.3 is 6.18 Å². The summed E-state index contributed by atoms with van der Waals surface area (Å²) in [6.07, 6.45) is -4.27. The molecule has 0 spiro atoms. The van der Waals surface area contributed by atoms with Gasteiger partial charge in [0.05, 0.1) is 12.1 Å². The first-order valence-electron chi connectivity index (χ1n) is 5.95. The quantitative estimate of drug-likeness (QED) is 0.583. The Hall–Kier alpha value is -1.65. The molecule has 0 unspecified atom stereocenters. The van der Waals surface area contributed by atoms with E-state index in [1.807, 2.05) is 0 Å². The van der Waals surface area contributed by atoms with Crippen LogP contribution in [0.5, 0.6) is 0 Å². The van der Waals surface area contributed by atoms with E-state index in [0.717, 1.165) is 11.3 Å². The Kier molecular flexibility index (Phi) is 4.86. The molecule has 104 valence electrons.